The first-order valence-corrected chi connectivity index (χ1v) is 6.53. The van der Waals surface area contributed by atoms with Crippen LogP contribution in [-0.2, 0) is 0 Å². The molecule has 2 aromatic heterocycles. The minimum Gasteiger partial charge on any atom is -0.453 e. The molecule has 0 fully saturated rings. The summed E-state index contributed by atoms with van der Waals surface area (Å²) in [5, 5.41) is 10.2. The van der Waals surface area contributed by atoms with Crippen molar-refractivity contribution in [2.45, 2.75) is 12.8 Å². The molecular weight excluding hydrogens is 264 g/mol. The van der Waals surface area contributed by atoms with E-state index in [1.54, 1.807) is 24.4 Å². The van der Waals surface area contributed by atoms with Crippen LogP contribution in [0.2, 0.25) is 0 Å². The summed E-state index contributed by atoms with van der Waals surface area (Å²) in [7, 11) is 0. The van der Waals surface area contributed by atoms with E-state index in [9.17, 15) is 10.1 Å². The van der Waals surface area contributed by atoms with E-state index in [1.165, 1.54) is 6.20 Å². The Morgan fingerprint density at radius 1 is 1.33 bits per heavy atom. The molecule has 0 saturated carbocycles. The third kappa shape index (κ3) is 2.41. The zero-order valence-corrected chi connectivity index (χ0v) is 11.4. The number of benzene rings is 1. The van der Waals surface area contributed by atoms with Crippen LogP contribution >= 0.6 is 0 Å². The Labute approximate surface area is 121 Å². The molecule has 3 rings (SSSR count). The number of hydrogen-bond acceptors (Lipinski definition) is 4. The number of aromatic nitrogens is 1. The van der Waals surface area contributed by atoms with Gasteiger partial charge in [0.15, 0.2) is 5.76 Å². The average Bonchev–Trinajstić information content (AvgIpc) is 2.92. The molecule has 0 N–H and O–H groups in total. The van der Waals surface area contributed by atoms with Crippen LogP contribution in [0.1, 0.15) is 27.6 Å². The molecule has 4 heteroatoms. The maximum absolute atomic E-state index is 12.5. The molecule has 1 unspecified atom stereocenters. The molecule has 1 atom stereocenters. The van der Waals surface area contributed by atoms with Crippen LogP contribution in [0.3, 0.4) is 0 Å². The van der Waals surface area contributed by atoms with Crippen LogP contribution in [0.15, 0.2) is 53.2 Å². The minimum absolute atomic E-state index is 0.200. The number of fused-ring (bicyclic) bond motifs is 1. The number of carbonyl (C=O) groups excluding carboxylic acids is 1. The topological polar surface area (TPSA) is 66.9 Å². The van der Waals surface area contributed by atoms with Gasteiger partial charge < -0.3 is 4.42 Å². The summed E-state index contributed by atoms with van der Waals surface area (Å²) in [5.41, 5.74) is 2.31. The zero-order valence-electron chi connectivity index (χ0n) is 11.4. The minimum atomic E-state index is -0.902. The van der Waals surface area contributed by atoms with Gasteiger partial charge in [0.2, 0.25) is 5.78 Å². The maximum Gasteiger partial charge on any atom is 0.219 e. The molecule has 2 heterocycles. The summed E-state index contributed by atoms with van der Waals surface area (Å²) in [4.78, 5) is 16.4. The molecule has 102 valence electrons. The molecule has 4 nitrogen and oxygen atoms in total. The van der Waals surface area contributed by atoms with E-state index in [0.29, 0.717) is 11.1 Å². The summed E-state index contributed by atoms with van der Waals surface area (Å²) < 4.78 is 5.57. The lowest BCUT2D eigenvalue weighted by molar-refractivity contribution is 0.0954. The van der Waals surface area contributed by atoms with Crippen molar-refractivity contribution in [3.63, 3.8) is 0 Å². The maximum atomic E-state index is 12.5. The molecule has 0 saturated heterocycles. The number of rotatable bonds is 3. The molecule has 0 aliphatic rings. The average molecular weight is 276 g/mol. The first-order chi connectivity index (χ1) is 10.2. The van der Waals surface area contributed by atoms with Crippen molar-refractivity contribution in [1.82, 2.24) is 4.98 Å². The second kappa shape index (κ2) is 5.22. The monoisotopic (exact) mass is 276 g/mol. The third-order valence-corrected chi connectivity index (χ3v) is 3.32. The van der Waals surface area contributed by atoms with Gasteiger partial charge in [0, 0.05) is 17.8 Å². The van der Waals surface area contributed by atoms with E-state index in [-0.39, 0.29) is 11.5 Å². The Morgan fingerprint density at radius 2 is 2.19 bits per heavy atom. The van der Waals surface area contributed by atoms with Gasteiger partial charge in [-0.25, -0.2) is 0 Å². The Bertz CT molecular complexity index is 844. The van der Waals surface area contributed by atoms with Crippen LogP contribution < -0.4 is 0 Å². The van der Waals surface area contributed by atoms with E-state index >= 15 is 0 Å². The molecule has 21 heavy (non-hydrogen) atoms. The van der Waals surface area contributed by atoms with Crippen LogP contribution in [0.25, 0.3) is 11.0 Å². The van der Waals surface area contributed by atoms with E-state index in [2.05, 4.69) is 4.98 Å². The van der Waals surface area contributed by atoms with Gasteiger partial charge in [-0.15, -0.1) is 0 Å². The van der Waals surface area contributed by atoms with Crippen molar-refractivity contribution in [3.05, 3.63) is 65.7 Å². The highest BCUT2D eigenvalue weighted by atomic mass is 16.3. The number of aryl methyl sites for hydroxylation is 1. The van der Waals surface area contributed by atoms with Crippen molar-refractivity contribution in [2.24, 2.45) is 0 Å². The highest BCUT2D eigenvalue weighted by Crippen LogP contribution is 2.25. The predicted molar refractivity (Wildman–Crippen MR) is 77.9 cm³/mol. The van der Waals surface area contributed by atoms with Crippen molar-refractivity contribution in [1.29, 1.82) is 5.26 Å². The van der Waals surface area contributed by atoms with Crippen molar-refractivity contribution in [3.8, 4) is 6.07 Å². The van der Waals surface area contributed by atoms with E-state index < -0.39 is 5.92 Å². The lowest BCUT2D eigenvalue weighted by atomic mass is 9.96. The number of ketones is 1. The molecule has 0 aliphatic heterocycles. The quantitative estimate of drug-likeness (QED) is 0.685. The van der Waals surface area contributed by atoms with Gasteiger partial charge in [0.25, 0.3) is 0 Å². The Balaban J connectivity index is 2.01. The normalized spacial score (nSPS) is 12.0. The third-order valence-electron chi connectivity index (χ3n) is 3.32. The molecule has 0 radical (unpaired) electrons. The second-order valence-corrected chi connectivity index (χ2v) is 4.86. The Hall–Kier alpha value is -2.93. The summed E-state index contributed by atoms with van der Waals surface area (Å²) >= 11 is 0. The van der Waals surface area contributed by atoms with Crippen LogP contribution in [0, 0.1) is 18.3 Å². The SMILES string of the molecule is Cc1ccc2oc(C(=O)C(C#N)c3cccnc3)cc2c1. The lowest BCUT2D eigenvalue weighted by Crippen LogP contribution is -2.10. The van der Waals surface area contributed by atoms with Gasteiger partial charge >= 0.3 is 0 Å². The molecule has 1 aromatic carbocycles. The first kappa shape index (κ1) is 13.1. The highest BCUT2D eigenvalue weighted by Gasteiger charge is 2.25. The zero-order chi connectivity index (χ0) is 14.8. The standard InChI is InChI=1S/C17H12N2O2/c1-11-4-5-15-13(7-11)8-16(21-15)17(20)14(9-18)12-3-2-6-19-10-12/h2-8,10,14H,1H3. The van der Waals surface area contributed by atoms with Crippen molar-refractivity contribution in [2.75, 3.05) is 0 Å². The number of nitrogens with zero attached hydrogens (tertiary/aromatic N) is 2. The lowest BCUT2D eigenvalue weighted by Gasteiger charge is -2.05. The predicted octanol–water partition coefficient (Wildman–Crippen LogP) is 3.63. The van der Waals surface area contributed by atoms with Crippen LogP contribution in [-0.4, -0.2) is 10.8 Å². The molecule has 0 spiro atoms. The molecule has 0 amide bonds. The molecule has 3 aromatic rings. The largest absolute Gasteiger partial charge is 0.453 e. The fourth-order valence-electron chi connectivity index (χ4n) is 2.26. The Kier molecular flexibility index (Phi) is 3.25. The van der Waals surface area contributed by atoms with Gasteiger partial charge in [0.1, 0.15) is 11.5 Å². The number of hydrogen-bond donors (Lipinski definition) is 0. The first-order valence-electron chi connectivity index (χ1n) is 6.53. The summed E-state index contributed by atoms with van der Waals surface area (Å²) in [5.74, 6) is -1.05. The van der Waals surface area contributed by atoms with E-state index in [0.717, 1.165) is 10.9 Å². The van der Waals surface area contributed by atoms with Gasteiger partial charge in [-0.1, -0.05) is 17.7 Å². The Morgan fingerprint density at radius 3 is 2.90 bits per heavy atom. The molecule has 0 aliphatic carbocycles. The summed E-state index contributed by atoms with van der Waals surface area (Å²) in [6.45, 7) is 1.97. The summed E-state index contributed by atoms with van der Waals surface area (Å²) in [6.07, 6.45) is 3.13. The van der Waals surface area contributed by atoms with Crippen molar-refractivity contribution < 1.29 is 9.21 Å². The highest BCUT2D eigenvalue weighted by molar-refractivity contribution is 6.03. The fraction of sp³-hybridized carbons (Fsp3) is 0.118. The number of nitriles is 1. The number of Topliss-reactive ketones (excluding diaryl/α,β-unsaturated/α-hetero) is 1. The fourth-order valence-corrected chi connectivity index (χ4v) is 2.26. The number of furan rings is 1. The number of pyridine rings is 1. The second-order valence-electron chi connectivity index (χ2n) is 4.86. The molecule has 0 bridgehead atoms. The molecular formula is C17H12N2O2. The van der Waals surface area contributed by atoms with Gasteiger partial charge in [-0.2, -0.15) is 5.26 Å². The van der Waals surface area contributed by atoms with Gasteiger partial charge in [-0.05, 0) is 36.8 Å². The van der Waals surface area contributed by atoms with Crippen LogP contribution in [0.4, 0.5) is 0 Å². The van der Waals surface area contributed by atoms with Crippen molar-refractivity contribution >= 4 is 16.8 Å². The van der Waals surface area contributed by atoms with E-state index in [1.807, 2.05) is 31.2 Å². The van der Waals surface area contributed by atoms with Gasteiger partial charge in [-0.3, -0.25) is 9.78 Å². The van der Waals surface area contributed by atoms with Crippen LogP contribution in [0.5, 0.6) is 0 Å². The summed E-state index contributed by atoms with van der Waals surface area (Å²) in [6, 6.07) is 12.8. The van der Waals surface area contributed by atoms with Gasteiger partial charge in [0.05, 0.1) is 6.07 Å². The number of carbonyl (C=O) groups is 1. The van der Waals surface area contributed by atoms with E-state index in [4.69, 9.17) is 4.42 Å². The smallest absolute Gasteiger partial charge is 0.219 e.